The molecule has 4 rings (SSSR count). The molecule has 3 heterocycles. The number of phosphoric acid groups is 1. The van der Waals surface area contributed by atoms with Crippen molar-refractivity contribution in [2.45, 2.75) is 50.4 Å². The fourth-order valence-electron chi connectivity index (χ4n) is 3.99. The van der Waals surface area contributed by atoms with Gasteiger partial charge < -0.3 is 19.7 Å². The second kappa shape index (κ2) is 11.2. The third kappa shape index (κ3) is 6.21. The van der Waals surface area contributed by atoms with Crippen LogP contribution in [0.3, 0.4) is 0 Å². The van der Waals surface area contributed by atoms with E-state index >= 15 is 0 Å². The van der Waals surface area contributed by atoms with Crippen molar-refractivity contribution in [3.8, 4) is 0 Å². The second-order valence-electron chi connectivity index (χ2n) is 8.56. The molecule has 2 aromatic rings. The first kappa shape index (κ1) is 27.7. The number of nitrogens with one attached hydrogen (secondary N) is 1. The largest absolute Gasteiger partial charge is 0.475 e. The van der Waals surface area contributed by atoms with Gasteiger partial charge in [-0.25, -0.2) is 14.2 Å². The van der Waals surface area contributed by atoms with Crippen LogP contribution in [0.15, 0.2) is 41.3 Å². The quantitative estimate of drug-likeness (QED) is 0.426. The van der Waals surface area contributed by atoms with E-state index in [0.29, 0.717) is 17.0 Å². The Kier molecular flexibility index (Phi) is 8.36. The fraction of sp³-hybridized carbons (Fsp3) is 0.500. The zero-order chi connectivity index (χ0) is 26.8. The van der Waals surface area contributed by atoms with E-state index in [4.69, 9.17) is 34.6 Å². The van der Waals surface area contributed by atoms with Gasteiger partial charge in [-0.1, -0.05) is 23.7 Å². The van der Waals surface area contributed by atoms with Gasteiger partial charge in [0.15, 0.2) is 6.23 Å². The van der Waals surface area contributed by atoms with Crippen molar-refractivity contribution in [1.29, 1.82) is 0 Å². The first-order valence-corrected chi connectivity index (χ1v) is 13.3. The minimum atomic E-state index is -4.05. The summed E-state index contributed by atoms with van der Waals surface area (Å²) in [7, 11) is -4.05. The third-order valence-corrected chi connectivity index (χ3v) is 7.56. The molecule has 15 heteroatoms. The number of nitrogens with zero attached hydrogens (tertiary/aromatic N) is 2. The molecule has 2 aliphatic heterocycles. The minimum absolute atomic E-state index is 0.0725. The zero-order valence-electron chi connectivity index (χ0n) is 20.0. The van der Waals surface area contributed by atoms with Crippen molar-refractivity contribution in [2.24, 2.45) is 0 Å². The van der Waals surface area contributed by atoms with Crippen molar-refractivity contribution < 1.29 is 42.6 Å². The normalized spacial score (nSPS) is 31.7. The van der Waals surface area contributed by atoms with E-state index < -0.39 is 56.4 Å². The molecule has 2 saturated heterocycles. The van der Waals surface area contributed by atoms with E-state index in [1.807, 2.05) is 0 Å². The van der Waals surface area contributed by atoms with Crippen molar-refractivity contribution in [1.82, 2.24) is 9.55 Å². The first-order chi connectivity index (χ1) is 17.5. The van der Waals surface area contributed by atoms with Gasteiger partial charge in [-0.05, 0) is 37.6 Å². The molecule has 37 heavy (non-hydrogen) atoms. The summed E-state index contributed by atoms with van der Waals surface area (Å²) >= 11 is 6.04. The molecule has 1 unspecified atom stereocenters. The summed E-state index contributed by atoms with van der Waals surface area (Å²) in [6.45, 7) is 2.64. The molecule has 2 aliphatic rings. The summed E-state index contributed by atoms with van der Waals surface area (Å²) in [5.74, 6) is -0.0725. The molecular weight excluding hydrogens is 533 g/mol. The predicted octanol–water partition coefficient (Wildman–Crippen LogP) is 2.78. The Labute approximate surface area is 216 Å². The van der Waals surface area contributed by atoms with Crippen molar-refractivity contribution >= 4 is 31.3 Å². The number of carbonyl (C=O) groups excluding carboxylic acids is 1. The molecule has 1 aromatic heterocycles. The van der Waals surface area contributed by atoms with E-state index in [2.05, 4.69) is 10.3 Å². The number of amides is 1. The molecule has 13 nitrogen and oxygen atoms in total. The Morgan fingerprint density at radius 2 is 2.19 bits per heavy atom. The standard InChI is InChI=1S/C22H27ClN3O10P/c1-3-32-21(29)25-17-7-9-26(20(28)24-17)19-22(2,30)18(27)16(35-19)12-34-37(31)33-10-8-15(36-37)13-5-4-6-14(23)11-13/h4-7,9,11,15-16,18-19,27,30H,3,8,10,12H2,1-2H3,(H,24,25,28,29)/t15-,16+,18+,19+,22+,37?/m0/s1. The van der Waals surface area contributed by atoms with Crippen LogP contribution in [0.5, 0.6) is 0 Å². The lowest BCUT2D eigenvalue weighted by Gasteiger charge is -2.30. The van der Waals surface area contributed by atoms with Crippen LogP contribution in [0.1, 0.15) is 38.2 Å². The molecule has 1 amide bonds. The smallest absolute Gasteiger partial charge is 0.450 e. The fourth-order valence-corrected chi connectivity index (χ4v) is 5.58. The van der Waals surface area contributed by atoms with Crippen molar-refractivity contribution in [2.75, 3.05) is 25.1 Å². The highest BCUT2D eigenvalue weighted by Gasteiger charge is 2.54. The van der Waals surface area contributed by atoms with Gasteiger partial charge >= 0.3 is 19.6 Å². The number of aliphatic hydroxyl groups is 2. The van der Waals surface area contributed by atoms with Crippen molar-refractivity contribution in [3.05, 3.63) is 57.6 Å². The molecule has 0 aliphatic carbocycles. The second-order valence-corrected chi connectivity index (χ2v) is 10.6. The number of carbonyl (C=O) groups is 1. The Morgan fingerprint density at radius 1 is 1.41 bits per heavy atom. The molecule has 0 spiro atoms. The molecule has 1 aromatic carbocycles. The topological polar surface area (TPSA) is 168 Å². The van der Waals surface area contributed by atoms with Crippen LogP contribution >= 0.6 is 19.4 Å². The summed E-state index contributed by atoms with van der Waals surface area (Å²) in [6.07, 6.45) is -3.84. The summed E-state index contributed by atoms with van der Waals surface area (Å²) in [5, 5.41) is 24.4. The number of benzene rings is 1. The van der Waals surface area contributed by atoms with E-state index in [1.54, 1.807) is 31.2 Å². The number of hydrogen-bond acceptors (Lipinski definition) is 11. The number of phosphoric ester groups is 1. The number of aromatic nitrogens is 2. The zero-order valence-corrected chi connectivity index (χ0v) is 21.6. The van der Waals surface area contributed by atoms with Gasteiger partial charge in [-0.3, -0.25) is 23.5 Å². The lowest BCUT2D eigenvalue weighted by molar-refractivity contribution is -0.0989. The van der Waals surface area contributed by atoms with E-state index in [1.165, 1.54) is 19.2 Å². The van der Waals surface area contributed by atoms with Gasteiger partial charge in [0.05, 0.1) is 25.9 Å². The third-order valence-electron chi connectivity index (χ3n) is 5.85. The van der Waals surface area contributed by atoms with Gasteiger partial charge in [0.2, 0.25) is 0 Å². The molecular formula is C22H27ClN3O10P. The molecule has 3 N–H and O–H groups in total. The van der Waals surface area contributed by atoms with Crippen LogP contribution in [-0.2, 0) is 27.6 Å². The number of ether oxygens (including phenoxy) is 2. The average molecular weight is 560 g/mol. The number of anilines is 1. The lowest BCUT2D eigenvalue weighted by atomic mass is 9.96. The van der Waals surface area contributed by atoms with E-state index in [0.717, 1.165) is 4.57 Å². The van der Waals surface area contributed by atoms with Gasteiger partial charge in [-0.2, -0.15) is 4.98 Å². The number of hydrogen-bond donors (Lipinski definition) is 3. The SMILES string of the molecule is CCOC(=O)Nc1ccn([C@@H]2O[C@H](COP3(=O)OCC[C@@H](c4cccc(Cl)c4)O3)[C@@H](O)[C@@]2(C)O)c(=O)n1. The lowest BCUT2D eigenvalue weighted by Crippen LogP contribution is -2.46. The highest BCUT2D eigenvalue weighted by molar-refractivity contribution is 7.48. The predicted molar refractivity (Wildman–Crippen MR) is 129 cm³/mol. The first-order valence-electron chi connectivity index (χ1n) is 11.4. The molecule has 6 atom stereocenters. The van der Waals surface area contributed by atoms with Crippen LogP contribution in [-0.4, -0.2) is 63.5 Å². The summed E-state index contributed by atoms with van der Waals surface area (Å²) in [4.78, 5) is 27.9. The van der Waals surface area contributed by atoms with Gasteiger partial charge in [-0.15, -0.1) is 0 Å². The Hall–Kier alpha value is -2.35. The van der Waals surface area contributed by atoms with Crippen LogP contribution in [0, 0.1) is 0 Å². The Balaban J connectivity index is 1.43. The van der Waals surface area contributed by atoms with E-state index in [-0.39, 0.29) is 19.0 Å². The monoisotopic (exact) mass is 559 g/mol. The summed E-state index contributed by atoms with van der Waals surface area (Å²) in [6, 6.07) is 8.20. The van der Waals surface area contributed by atoms with E-state index in [9.17, 15) is 24.4 Å². The van der Waals surface area contributed by atoms with Gasteiger partial charge in [0.1, 0.15) is 23.6 Å². The molecule has 2 fully saturated rings. The van der Waals surface area contributed by atoms with Crippen LogP contribution < -0.4 is 11.0 Å². The Morgan fingerprint density at radius 3 is 2.89 bits per heavy atom. The van der Waals surface area contributed by atoms with Gasteiger partial charge in [0.25, 0.3) is 0 Å². The number of aliphatic hydroxyl groups excluding tert-OH is 1. The maximum Gasteiger partial charge on any atom is 0.475 e. The Bertz CT molecular complexity index is 1240. The highest BCUT2D eigenvalue weighted by Crippen LogP contribution is 2.57. The van der Waals surface area contributed by atoms with Crippen molar-refractivity contribution in [3.63, 3.8) is 0 Å². The van der Waals surface area contributed by atoms with Gasteiger partial charge in [0, 0.05) is 17.6 Å². The molecule has 202 valence electrons. The maximum absolute atomic E-state index is 13.1. The molecule has 0 radical (unpaired) electrons. The number of rotatable bonds is 7. The molecule has 0 bridgehead atoms. The number of halogens is 1. The molecule has 0 saturated carbocycles. The average Bonchev–Trinajstić information content (AvgIpc) is 3.06. The highest BCUT2D eigenvalue weighted by atomic mass is 35.5. The summed E-state index contributed by atoms with van der Waals surface area (Å²) < 4.78 is 40.8. The van der Waals surface area contributed by atoms with Crippen LogP contribution in [0.25, 0.3) is 0 Å². The van der Waals surface area contributed by atoms with Crippen LogP contribution in [0.4, 0.5) is 10.6 Å². The van der Waals surface area contributed by atoms with Crippen LogP contribution in [0.2, 0.25) is 5.02 Å². The minimum Gasteiger partial charge on any atom is -0.450 e. The summed E-state index contributed by atoms with van der Waals surface area (Å²) in [5.41, 5.74) is -2.13. The maximum atomic E-state index is 13.1.